The van der Waals surface area contributed by atoms with Gasteiger partial charge in [0.15, 0.2) is 6.10 Å². The Morgan fingerprint density at radius 2 is 2.23 bits per heavy atom. The summed E-state index contributed by atoms with van der Waals surface area (Å²) in [4.78, 5) is 10.6. The lowest BCUT2D eigenvalue weighted by atomic mass is 10.0. The summed E-state index contributed by atoms with van der Waals surface area (Å²) in [7, 11) is 0. The van der Waals surface area contributed by atoms with Crippen LogP contribution in [0.4, 0.5) is 0 Å². The molecule has 0 spiro atoms. The molecule has 0 amide bonds. The molecule has 13 heavy (non-hydrogen) atoms. The Morgan fingerprint density at radius 3 is 3.00 bits per heavy atom. The number of carboxylic acids is 1. The number of rotatable bonds is 1. The van der Waals surface area contributed by atoms with Gasteiger partial charge >= 0.3 is 5.97 Å². The molecular weight excluding hydrogens is 168 g/mol. The second-order valence-corrected chi connectivity index (χ2v) is 3.09. The summed E-state index contributed by atoms with van der Waals surface area (Å²) < 4.78 is 5.29. The molecule has 0 aromatic heterocycles. The van der Waals surface area contributed by atoms with Gasteiger partial charge in [0.25, 0.3) is 0 Å². The summed E-state index contributed by atoms with van der Waals surface area (Å²) in [5.74, 6) is -0.171. The molecule has 1 heterocycles. The molecule has 3 heteroatoms. The van der Waals surface area contributed by atoms with Gasteiger partial charge in [-0.3, -0.25) is 0 Å². The van der Waals surface area contributed by atoms with E-state index in [4.69, 9.17) is 9.84 Å². The van der Waals surface area contributed by atoms with Crippen LogP contribution in [0, 0.1) is 0 Å². The minimum absolute atomic E-state index is 0.562. The van der Waals surface area contributed by atoms with Crippen LogP contribution in [0.2, 0.25) is 0 Å². The highest BCUT2D eigenvalue weighted by Gasteiger charge is 2.24. The van der Waals surface area contributed by atoms with E-state index in [0.717, 1.165) is 12.0 Å². The van der Waals surface area contributed by atoms with Crippen molar-refractivity contribution >= 4 is 5.97 Å². The quantitative estimate of drug-likeness (QED) is 0.708. The number of carboxylic acid groups (broad SMARTS) is 1. The first kappa shape index (κ1) is 8.10. The summed E-state index contributed by atoms with van der Waals surface area (Å²) >= 11 is 0. The lowest BCUT2D eigenvalue weighted by molar-refractivity contribution is -0.145. The van der Waals surface area contributed by atoms with Gasteiger partial charge in [0, 0.05) is 0 Å². The molecule has 0 radical (unpaired) electrons. The van der Waals surface area contributed by atoms with Crippen molar-refractivity contribution in [2.75, 3.05) is 0 Å². The second-order valence-electron chi connectivity index (χ2n) is 3.09. The van der Waals surface area contributed by atoms with Gasteiger partial charge < -0.3 is 9.84 Å². The van der Waals surface area contributed by atoms with Gasteiger partial charge in [0.05, 0.1) is 0 Å². The van der Waals surface area contributed by atoms with Crippen LogP contribution in [0.1, 0.15) is 12.0 Å². The summed E-state index contributed by atoms with van der Waals surface area (Å²) in [5, 5.41) is 8.74. The summed E-state index contributed by atoms with van der Waals surface area (Å²) in [5.41, 5.74) is 1.10. The molecule has 3 nitrogen and oxygen atoms in total. The lowest BCUT2D eigenvalue weighted by Gasteiger charge is -2.22. The van der Waals surface area contributed by atoms with E-state index in [2.05, 4.69) is 0 Å². The fourth-order valence-corrected chi connectivity index (χ4v) is 1.50. The average molecular weight is 178 g/mol. The maximum Gasteiger partial charge on any atom is 0.344 e. The standard InChI is InChI=1S/C10H10O3/c11-10(12)9-6-5-7-3-1-2-4-8(7)13-9/h1-4,9H,5-6H2,(H,11,12)/t9-/m0/s1. The van der Waals surface area contributed by atoms with Crippen molar-refractivity contribution in [3.63, 3.8) is 0 Å². The third-order valence-corrected chi connectivity index (χ3v) is 2.19. The van der Waals surface area contributed by atoms with Crippen molar-refractivity contribution in [2.24, 2.45) is 0 Å². The first-order valence-electron chi connectivity index (χ1n) is 4.25. The Morgan fingerprint density at radius 1 is 1.46 bits per heavy atom. The molecule has 1 aromatic carbocycles. The third kappa shape index (κ3) is 1.49. The van der Waals surface area contributed by atoms with Gasteiger partial charge in [0.1, 0.15) is 5.75 Å². The number of carbonyl (C=O) groups is 1. The minimum atomic E-state index is -0.880. The fraction of sp³-hybridized carbons (Fsp3) is 0.300. The van der Waals surface area contributed by atoms with E-state index in [1.54, 1.807) is 0 Å². The number of hydrogen-bond donors (Lipinski definition) is 1. The molecule has 0 fully saturated rings. The first-order valence-corrected chi connectivity index (χ1v) is 4.25. The molecule has 1 aliphatic rings. The van der Waals surface area contributed by atoms with Crippen LogP contribution in [0.3, 0.4) is 0 Å². The van der Waals surface area contributed by atoms with Crippen molar-refractivity contribution in [1.82, 2.24) is 0 Å². The van der Waals surface area contributed by atoms with Crippen molar-refractivity contribution in [2.45, 2.75) is 18.9 Å². The Bertz CT molecular complexity index is 333. The number of hydrogen-bond acceptors (Lipinski definition) is 2. The smallest absolute Gasteiger partial charge is 0.344 e. The SMILES string of the molecule is O=C(O)[C@@H]1CCc2ccccc2O1. The van der Waals surface area contributed by atoms with Gasteiger partial charge in [-0.05, 0) is 24.5 Å². The predicted molar refractivity (Wildman–Crippen MR) is 46.8 cm³/mol. The Kier molecular flexibility index (Phi) is 1.93. The number of aryl methyl sites for hydroxylation is 1. The molecule has 1 aromatic rings. The van der Waals surface area contributed by atoms with Gasteiger partial charge in [0.2, 0.25) is 0 Å². The van der Waals surface area contributed by atoms with Crippen molar-refractivity contribution in [3.05, 3.63) is 29.8 Å². The number of benzene rings is 1. The molecule has 68 valence electrons. The largest absolute Gasteiger partial charge is 0.479 e. The number of ether oxygens (including phenoxy) is 1. The van der Waals surface area contributed by atoms with Crippen molar-refractivity contribution < 1.29 is 14.6 Å². The zero-order valence-electron chi connectivity index (χ0n) is 7.06. The van der Waals surface area contributed by atoms with Crippen LogP contribution in [0.15, 0.2) is 24.3 Å². The van der Waals surface area contributed by atoms with E-state index in [1.807, 2.05) is 24.3 Å². The predicted octanol–water partition coefficient (Wildman–Crippen LogP) is 1.46. The zero-order valence-corrected chi connectivity index (χ0v) is 7.06. The van der Waals surface area contributed by atoms with Gasteiger partial charge in [-0.25, -0.2) is 4.79 Å². The van der Waals surface area contributed by atoms with Gasteiger partial charge in [-0.1, -0.05) is 18.2 Å². The average Bonchev–Trinajstić information content (AvgIpc) is 2.17. The molecule has 0 bridgehead atoms. The van der Waals surface area contributed by atoms with Gasteiger partial charge in [-0.2, -0.15) is 0 Å². The first-order chi connectivity index (χ1) is 6.27. The topological polar surface area (TPSA) is 46.5 Å². The molecule has 1 atom stereocenters. The molecular formula is C10H10O3. The molecule has 0 saturated carbocycles. The van der Waals surface area contributed by atoms with Crippen LogP contribution >= 0.6 is 0 Å². The van der Waals surface area contributed by atoms with Crippen molar-refractivity contribution in [3.8, 4) is 5.75 Å². The van der Waals surface area contributed by atoms with Crippen LogP contribution in [-0.2, 0) is 11.2 Å². The van der Waals surface area contributed by atoms with Crippen LogP contribution in [0.5, 0.6) is 5.75 Å². The highest BCUT2D eigenvalue weighted by atomic mass is 16.5. The summed E-state index contributed by atoms with van der Waals surface area (Å²) in [6.45, 7) is 0. The monoisotopic (exact) mass is 178 g/mol. The number of fused-ring (bicyclic) bond motifs is 1. The fourth-order valence-electron chi connectivity index (χ4n) is 1.50. The maximum absolute atomic E-state index is 10.6. The minimum Gasteiger partial charge on any atom is -0.479 e. The lowest BCUT2D eigenvalue weighted by Crippen LogP contribution is -2.30. The van der Waals surface area contributed by atoms with Crippen LogP contribution in [-0.4, -0.2) is 17.2 Å². The second kappa shape index (κ2) is 3.09. The Balaban J connectivity index is 2.24. The molecule has 0 unspecified atom stereocenters. The van der Waals surface area contributed by atoms with E-state index in [0.29, 0.717) is 12.2 Å². The highest BCUT2D eigenvalue weighted by molar-refractivity contribution is 5.73. The molecule has 0 aliphatic carbocycles. The van der Waals surface area contributed by atoms with E-state index < -0.39 is 12.1 Å². The van der Waals surface area contributed by atoms with Crippen LogP contribution < -0.4 is 4.74 Å². The van der Waals surface area contributed by atoms with E-state index in [-0.39, 0.29) is 0 Å². The number of aliphatic carboxylic acids is 1. The van der Waals surface area contributed by atoms with E-state index in [1.165, 1.54) is 0 Å². The van der Waals surface area contributed by atoms with E-state index >= 15 is 0 Å². The summed E-state index contributed by atoms with van der Waals surface area (Å²) in [6, 6.07) is 7.56. The number of para-hydroxylation sites is 1. The summed E-state index contributed by atoms with van der Waals surface area (Å²) in [6.07, 6.45) is 0.675. The van der Waals surface area contributed by atoms with Crippen molar-refractivity contribution in [1.29, 1.82) is 0 Å². The third-order valence-electron chi connectivity index (χ3n) is 2.19. The van der Waals surface area contributed by atoms with E-state index in [9.17, 15) is 4.79 Å². The zero-order chi connectivity index (χ0) is 9.26. The highest BCUT2D eigenvalue weighted by Crippen LogP contribution is 2.26. The van der Waals surface area contributed by atoms with Gasteiger partial charge in [-0.15, -0.1) is 0 Å². The Labute approximate surface area is 76.0 Å². The maximum atomic E-state index is 10.6. The molecule has 1 N–H and O–H groups in total. The van der Waals surface area contributed by atoms with Crippen LogP contribution in [0.25, 0.3) is 0 Å². The Hall–Kier alpha value is -1.51. The normalized spacial score (nSPS) is 20.2. The molecule has 0 saturated heterocycles. The molecule has 1 aliphatic heterocycles. The molecule has 2 rings (SSSR count).